The summed E-state index contributed by atoms with van der Waals surface area (Å²) in [5.74, 6) is 1.34. The fraction of sp³-hybridized carbons (Fsp3) is 0.611. The third-order valence-corrected chi connectivity index (χ3v) is 4.93. The van der Waals surface area contributed by atoms with Crippen molar-refractivity contribution in [2.24, 2.45) is 5.92 Å². The molecule has 126 valence electrons. The van der Waals surface area contributed by atoms with Gasteiger partial charge in [-0.25, -0.2) is 0 Å². The van der Waals surface area contributed by atoms with Crippen molar-refractivity contribution in [3.05, 3.63) is 23.8 Å². The van der Waals surface area contributed by atoms with Crippen molar-refractivity contribution in [3.8, 4) is 11.5 Å². The Morgan fingerprint density at radius 1 is 1.13 bits per heavy atom. The summed E-state index contributed by atoms with van der Waals surface area (Å²) in [5, 5.41) is 3.28. The molecule has 1 aliphatic carbocycles. The number of carbonyl (C=O) groups is 1. The summed E-state index contributed by atoms with van der Waals surface area (Å²) in [4.78, 5) is 12.0. The summed E-state index contributed by atoms with van der Waals surface area (Å²) in [6.45, 7) is 1.43. The molecular formula is C18H25NO4. The Hall–Kier alpha value is -1.75. The maximum absolute atomic E-state index is 12.0. The molecule has 0 aromatic heterocycles. The topological polar surface area (TPSA) is 56.8 Å². The Kier molecular flexibility index (Phi) is 5.06. The van der Waals surface area contributed by atoms with Crippen LogP contribution >= 0.6 is 0 Å². The van der Waals surface area contributed by atoms with Crippen molar-refractivity contribution in [2.75, 3.05) is 27.3 Å². The summed E-state index contributed by atoms with van der Waals surface area (Å²) >= 11 is 0. The predicted octanol–water partition coefficient (Wildman–Crippen LogP) is 2.49. The molecule has 1 N–H and O–H groups in total. The largest absolute Gasteiger partial charge is 0.493 e. The summed E-state index contributed by atoms with van der Waals surface area (Å²) in [7, 11) is 3.10. The van der Waals surface area contributed by atoms with E-state index in [4.69, 9.17) is 14.2 Å². The standard InChI is InChI=1S/C18H25NO4/c1-21-16-8-7-12(9-17(16)23-13-5-3-4-6-13)14-10-19-11-15(14)18(20)22-2/h7-9,13-15,19H,3-6,10-11H2,1-2H3/t14-,15+/m1/s1. The highest BCUT2D eigenvalue weighted by atomic mass is 16.5. The maximum atomic E-state index is 12.0. The maximum Gasteiger partial charge on any atom is 0.310 e. The van der Waals surface area contributed by atoms with Crippen molar-refractivity contribution < 1.29 is 19.0 Å². The van der Waals surface area contributed by atoms with E-state index in [0.29, 0.717) is 6.54 Å². The van der Waals surface area contributed by atoms with Crippen molar-refractivity contribution in [2.45, 2.75) is 37.7 Å². The van der Waals surface area contributed by atoms with Gasteiger partial charge in [0.15, 0.2) is 11.5 Å². The van der Waals surface area contributed by atoms with Crippen LogP contribution in [-0.4, -0.2) is 39.4 Å². The zero-order valence-electron chi connectivity index (χ0n) is 13.8. The first-order valence-electron chi connectivity index (χ1n) is 8.36. The van der Waals surface area contributed by atoms with E-state index in [9.17, 15) is 4.79 Å². The molecule has 0 spiro atoms. The zero-order chi connectivity index (χ0) is 16.2. The molecule has 0 bridgehead atoms. The molecule has 5 heteroatoms. The molecule has 23 heavy (non-hydrogen) atoms. The summed E-state index contributed by atoms with van der Waals surface area (Å²) in [6.07, 6.45) is 4.93. The predicted molar refractivity (Wildman–Crippen MR) is 87.0 cm³/mol. The lowest BCUT2D eigenvalue weighted by molar-refractivity contribution is -0.145. The number of methoxy groups -OCH3 is 2. The number of esters is 1. The Morgan fingerprint density at radius 3 is 2.61 bits per heavy atom. The van der Waals surface area contributed by atoms with Gasteiger partial charge in [-0.15, -0.1) is 0 Å². The van der Waals surface area contributed by atoms with Gasteiger partial charge >= 0.3 is 5.97 Å². The van der Waals surface area contributed by atoms with Gasteiger partial charge in [0.2, 0.25) is 0 Å². The van der Waals surface area contributed by atoms with Gasteiger partial charge in [-0.05, 0) is 43.4 Å². The second kappa shape index (κ2) is 7.21. The van der Waals surface area contributed by atoms with E-state index < -0.39 is 0 Å². The van der Waals surface area contributed by atoms with Gasteiger partial charge in [-0.1, -0.05) is 6.07 Å². The minimum Gasteiger partial charge on any atom is -0.493 e. The van der Waals surface area contributed by atoms with E-state index in [0.717, 1.165) is 36.4 Å². The molecule has 3 rings (SSSR count). The Morgan fingerprint density at radius 2 is 1.91 bits per heavy atom. The van der Waals surface area contributed by atoms with E-state index in [-0.39, 0.29) is 23.9 Å². The molecule has 1 aromatic carbocycles. The van der Waals surface area contributed by atoms with Crippen LogP contribution in [-0.2, 0) is 9.53 Å². The lowest BCUT2D eigenvalue weighted by Gasteiger charge is -2.20. The summed E-state index contributed by atoms with van der Waals surface area (Å²) < 4.78 is 16.5. The average molecular weight is 319 g/mol. The lowest BCUT2D eigenvalue weighted by Crippen LogP contribution is -2.23. The van der Waals surface area contributed by atoms with Crippen molar-refractivity contribution in [1.29, 1.82) is 0 Å². The van der Waals surface area contributed by atoms with Crippen LogP contribution in [0.25, 0.3) is 0 Å². The van der Waals surface area contributed by atoms with Crippen LogP contribution < -0.4 is 14.8 Å². The van der Waals surface area contributed by atoms with Crippen LogP contribution in [0.2, 0.25) is 0 Å². The molecule has 1 aliphatic heterocycles. The average Bonchev–Trinajstić information content (AvgIpc) is 3.25. The Bertz CT molecular complexity index is 554. The molecule has 0 unspecified atom stereocenters. The van der Waals surface area contributed by atoms with E-state index in [1.807, 2.05) is 18.2 Å². The molecule has 1 aromatic rings. The highest BCUT2D eigenvalue weighted by Gasteiger charge is 2.35. The molecule has 2 atom stereocenters. The number of hydrogen-bond acceptors (Lipinski definition) is 5. The second-order valence-electron chi connectivity index (χ2n) is 6.33. The SMILES string of the molecule is COC(=O)[C@H]1CNC[C@@H]1c1ccc(OC)c(OC2CCCC2)c1. The minimum atomic E-state index is -0.158. The Balaban J connectivity index is 1.83. The van der Waals surface area contributed by atoms with Crippen LogP contribution in [0.5, 0.6) is 11.5 Å². The fourth-order valence-electron chi connectivity index (χ4n) is 3.63. The van der Waals surface area contributed by atoms with Gasteiger partial charge in [0, 0.05) is 19.0 Å². The lowest BCUT2D eigenvalue weighted by atomic mass is 9.89. The summed E-state index contributed by atoms with van der Waals surface area (Å²) in [6, 6.07) is 5.99. The number of ether oxygens (including phenoxy) is 3. The third kappa shape index (κ3) is 3.44. The van der Waals surface area contributed by atoms with E-state index in [1.165, 1.54) is 20.0 Å². The minimum absolute atomic E-state index is 0.110. The highest BCUT2D eigenvalue weighted by Crippen LogP contribution is 2.37. The van der Waals surface area contributed by atoms with Crippen LogP contribution in [0.3, 0.4) is 0 Å². The molecular weight excluding hydrogens is 294 g/mol. The number of carbonyl (C=O) groups excluding carboxylic acids is 1. The number of benzene rings is 1. The third-order valence-electron chi connectivity index (χ3n) is 4.93. The van der Waals surface area contributed by atoms with E-state index in [2.05, 4.69) is 5.32 Å². The van der Waals surface area contributed by atoms with E-state index in [1.54, 1.807) is 7.11 Å². The molecule has 2 fully saturated rings. The first kappa shape index (κ1) is 16.1. The zero-order valence-corrected chi connectivity index (χ0v) is 13.8. The van der Waals surface area contributed by atoms with Crippen LogP contribution in [0.1, 0.15) is 37.2 Å². The van der Waals surface area contributed by atoms with Crippen molar-refractivity contribution in [1.82, 2.24) is 5.32 Å². The quantitative estimate of drug-likeness (QED) is 0.845. The first-order chi connectivity index (χ1) is 11.2. The Labute approximate surface area is 137 Å². The fourth-order valence-corrected chi connectivity index (χ4v) is 3.63. The van der Waals surface area contributed by atoms with Gasteiger partial charge in [-0.3, -0.25) is 4.79 Å². The number of rotatable bonds is 5. The highest BCUT2D eigenvalue weighted by molar-refractivity contribution is 5.74. The number of hydrogen-bond donors (Lipinski definition) is 1. The van der Waals surface area contributed by atoms with Gasteiger partial charge in [0.05, 0.1) is 26.2 Å². The second-order valence-corrected chi connectivity index (χ2v) is 6.33. The monoisotopic (exact) mass is 319 g/mol. The molecule has 1 saturated carbocycles. The molecule has 0 amide bonds. The van der Waals surface area contributed by atoms with Gasteiger partial charge in [-0.2, -0.15) is 0 Å². The van der Waals surface area contributed by atoms with Crippen LogP contribution in [0, 0.1) is 5.92 Å². The van der Waals surface area contributed by atoms with Crippen molar-refractivity contribution >= 4 is 5.97 Å². The smallest absolute Gasteiger partial charge is 0.310 e. The van der Waals surface area contributed by atoms with Crippen LogP contribution in [0.15, 0.2) is 18.2 Å². The van der Waals surface area contributed by atoms with Crippen LogP contribution in [0.4, 0.5) is 0 Å². The molecule has 1 saturated heterocycles. The normalized spacial score (nSPS) is 24.6. The van der Waals surface area contributed by atoms with Gasteiger partial charge in [0.25, 0.3) is 0 Å². The summed E-state index contributed by atoms with van der Waals surface area (Å²) in [5.41, 5.74) is 1.10. The van der Waals surface area contributed by atoms with Gasteiger partial charge < -0.3 is 19.5 Å². The van der Waals surface area contributed by atoms with E-state index >= 15 is 0 Å². The number of nitrogens with one attached hydrogen (secondary N) is 1. The van der Waals surface area contributed by atoms with Crippen molar-refractivity contribution in [3.63, 3.8) is 0 Å². The molecule has 0 radical (unpaired) electrons. The molecule has 2 aliphatic rings. The molecule has 1 heterocycles. The molecule has 5 nitrogen and oxygen atoms in total. The van der Waals surface area contributed by atoms with Gasteiger partial charge in [0.1, 0.15) is 0 Å². The first-order valence-corrected chi connectivity index (χ1v) is 8.36.